The monoisotopic (exact) mass is 210 g/mol. The molecule has 0 aliphatic carbocycles. The van der Waals surface area contributed by atoms with Gasteiger partial charge in [0.05, 0.1) is 0 Å². The third-order valence-corrected chi connectivity index (χ3v) is 3.70. The number of likely N-dealkylation sites (tertiary alicyclic amines) is 1. The molecule has 2 nitrogen and oxygen atoms in total. The highest BCUT2D eigenvalue weighted by atomic mass is 15.1. The van der Waals surface area contributed by atoms with E-state index in [1.807, 2.05) is 0 Å². The summed E-state index contributed by atoms with van der Waals surface area (Å²) >= 11 is 0. The summed E-state index contributed by atoms with van der Waals surface area (Å²) in [5.41, 5.74) is 0.433. The number of hydrogen-bond donors (Lipinski definition) is 0. The predicted octanol–water partition coefficient (Wildman–Crippen LogP) is 2.23. The van der Waals surface area contributed by atoms with Crippen LogP contribution in [0.4, 0.5) is 0 Å². The van der Waals surface area contributed by atoms with Gasteiger partial charge in [0.1, 0.15) is 0 Å². The lowest BCUT2D eigenvalue weighted by Gasteiger charge is -2.38. The first-order valence-corrected chi connectivity index (χ1v) is 6.05. The average Bonchev–Trinajstić information content (AvgIpc) is 2.21. The molecule has 1 fully saturated rings. The lowest BCUT2D eigenvalue weighted by Crippen LogP contribution is -2.37. The minimum Gasteiger partial charge on any atom is -0.309 e. The third-order valence-electron chi connectivity index (χ3n) is 3.70. The molecule has 0 radical (unpaired) electrons. The van der Waals surface area contributed by atoms with Crippen LogP contribution >= 0.6 is 0 Å². The van der Waals surface area contributed by atoms with Crippen LogP contribution in [0.2, 0.25) is 0 Å². The van der Waals surface area contributed by atoms with Gasteiger partial charge >= 0.3 is 0 Å². The maximum absolute atomic E-state index is 4.05. The van der Waals surface area contributed by atoms with Crippen molar-refractivity contribution in [1.82, 2.24) is 9.80 Å². The molecule has 0 N–H and O–H groups in total. The Balaban J connectivity index is 2.36. The van der Waals surface area contributed by atoms with Crippen LogP contribution in [0.3, 0.4) is 0 Å². The van der Waals surface area contributed by atoms with Gasteiger partial charge in [0.15, 0.2) is 0 Å². The topological polar surface area (TPSA) is 6.48 Å². The van der Waals surface area contributed by atoms with E-state index in [9.17, 15) is 0 Å². The van der Waals surface area contributed by atoms with Gasteiger partial charge < -0.3 is 9.80 Å². The molecule has 88 valence electrons. The minimum absolute atomic E-state index is 0.433. The molecule has 0 unspecified atom stereocenters. The van der Waals surface area contributed by atoms with Gasteiger partial charge in [0.25, 0.3) is 0 Å². The van der Waals surface area contributed by atoms with Crippen molar-refractivity contribution < 1.29 is 0 Å². The minimum atomic E-state index is 0.433. The predicted molar refractivity (Wildman–Crippen MR) is 67.1 cm³/mol. The van der Waals surface area contributed by atoms with Gasteiger partial charge in [-0.25, -0.2) is 0 Å². The lowest BCUT2D eigenvalue weighted by atomic mass is 9.75. The zero-order chi connectivity index (χ0) is 11.3. The molecule has 1 aliphatic heterocycles. The second-order valence-corrected chi connectivity index (χ2v) is 5.28. The standard InChI is InChI=1S/C13H26N2/c1-5-13(7-6-10-14(2)3)8-11-15(4)12-9-13/h5H,1,6-12H2,2-4H3. The summed E-state index contributed by atoms with van der Waals surface area (Å²) in [7, 11) is 6.51. The first kappa shape index (κ1) is 12.7. The maximum atomic E-state index is 4.05. The van der Waals surface area contributed by atoms with Crippen LogP contribution in [0.25, 0.3) is 0 Å². The van der Waals surface area contributed by atoms with Crippen molar-refractivity contribution in [1.29, 1.82) is 0 Å². The summed E-state index contributed by atoms with van der Waals surface area (Å²) in [5, 5.41) is 0. The highest BCUT2D eigenvalue weighted by molar-refractivity contribution is 4.97. The zero-order valence-corrected chi connectivity index (χ0v) is 10.6. The van der Waals surface area contributed by atoms with Crippen LogP contribution in [-0.2, 0) is 0 Å². The average molecular weight is 210 g/mol. The van der Waals surface area contributed by atoms with Crippen molar-refractivity contribution in [3.63, 3.8) is 0 Å². The van der Waals surface area contributed by atoms with Gasteiger partial charge in [-0.3, -0.25) is 0 Å². The molecule has 1 rings (SSSR count). The molecular weight excluding hydrogens is 184 g/mol. The van der Waals surface area contributed by atoms with E-state index in [2.05, 4.69) is 43.6 Å². The highest BCUT2D eigenvalue weighted by Gasteiger charge is 2.29. The number of allylic oxidation sites excluding steroid dienone is 1. The summed E-state index contributed by atoms with van der Waals surface area (Å²) in [6, 6.07) is 0. The van der Waals surface area contributed by atoms with Crippen LogP contribution in [0.1, 0.15) is 25.7 Å². The van der Waals surface area contributed by atoms with E-state index in [1.54, 1.807) is 0 Å². The molecule has 0 aromatic rings. The SMILES string of the molecule is C=CC1(CCCN(C)C)CCN(C)CC1. The fourth-order valence-corrected chi connectivity index (χ4v) is 2.37. The van der Waals surface area contributed by atoms with Gasteiger partial charge in [-0.1, -0.05) is 6.08 Å². The second-order valence-electron chi connectivity index (χ2n) is 5.28. The summed E-state index contributed by atoms with van der Waals surface area (Å²) in [5.74, 6) is 0. The molecule has 0 aromatic heterocycles. The Morgan fingerprint density at radius 3 is 2.40 bits per heavy atom. The first-order valence-electron chi connectivity index (χ1n) is 6.05. The fourth-order valence-electron chi connectivity index (χ4n) is 2.37. The Bertz CT molecular complexity index is 191. The summed E-state index contributed by atoms with van der Waals surface area (Å²) in [4.78, 5) is 4.69. The van der Waals surface area contributed by atoms with Crippen LogP contribution in [-0.4, -0.2) is 50.6 Å². The molecule has 0 atom stereocenters. The third kappa shape index (κ3) is 3.96. The molecule has 2 heteroatoms. The Hall–Kier alpha value is -0.340. The molecule has 0 aromatic carbocycles. The van der Waals surface area contributed by atoms with E-state index in [4.69, 9.17) is 0 Å². The van der Waals surface area contributed by atoms with E-state index < -0.39 is 0 Å². The number of nitrogens with zero attached hydrogens (tertiary/aromatic N) is 2. The van der Waals surface area contributed by atoms with E-state index in [0.29, 0.717) is 5.41 Å². The first-order chi connectivity index (χ1) is 7.08. The van der Waals surface area contributed by atoms with Crippen LogP contribution in [0.15, 0.2) is 12.7 Å². The largest absolute Gasteiger partial charge is 0.309 e. The van der Waals surface area contributed by atoms with Crippen molar-refractivity contribution in [2.24, 2.45) is 5.41 Å². The molecule has 1 aliphatic rings. The van der Waals surface area contributed by atoms with E-state index in [0.717, 1.165) is 0 Å². The molecule has 0 amide bonds. The van der Waals surface area contributed by atoms with Gasteiger partial charge in [-0.05, 0) is 71.9 Å². The molecule has 0 spiro atoms. The Labute approximate surface area is 94.9 Å². The van der Waals surface area contributed by atoms with Crippen molar-refractivity contribution >= 4 is 0 Å². The van der Waals surface area contributed by atoms with Crippen molar-refractivity contribution in [2.45, 2.75) is 25.7 Å². The summed E-state index contributed by atoms with van der Waals surface area (Å²) < 4.78 is 0. The van der Waals surface area contributed by atoms with Crippen molar-refractivity contribution in [2.75, 3.05) is 40.8 Å². The number of piperidine rings is 1. The summed E-state index contributed by atoms with van der Waals surface area (Å²) in [6.45, 7) is 7.71. The molecule has 15 heavy (non-hydrogen) atoms. The van der Waals surface area contributed by atoms with Gasteiger partial charge in [-0.15, -0.1) is 6.58 Å². The number of hydrogen-bond acceptors (Lipinski definition) is 2. The van der Waals surface area contributed by atoms with E-state index in [-0.39, 0.29) is 0 Å². The molecule has 1 saturated heterocycles. The Morgan fingerprint density at radius 2 is 1.93 bits per heavy atom. The van der Waals surface area contributed by atoms with Crippen LogP contribution in [0.5, 0.6) is 0 Å². The highest BCUT2D eigenvalue weighted by Crippen LogP contribution is 2.36. The molecule has 0 saturated carbocycles. The van der Waals surface area contributed by atoms with E-state index in [1.165, 1.54) is 45.3 Å². The molecule has 0 bridgehead atoms. The summed E-state index contributed by atoms with van der Waals surface area (Å²) in [6.07, 6.45) is 7.40. The molecular formula is C13H26N2. The van der Waals surface area contributed by atoms with Crippen molar-refractivity contribution in [3.05, 3.63) is 12.7 Å². The lowest BCUT2D eigenvalue weighted by molar-refractivity contribution is 0.150. The smallest absolute Gasteiger partial charge is 0.00135 e. The van der Waals surface area contributed by atoms with E-state index >= 15 is 0 Å². The maximum Gasteiger partial charge on any atom is -0.00135 e. The molecule has 1 heterocycles. The van der Waals surface area contributed by atoms with Gasteiger partial charge in [-0.2, -0.15) is 0 Å². The zero-order valence-electron chi connectivity index (χ0n) is 10.6. The normalized spacial score (nSPS) is 21.9. The van der Waals surface area contributed by atoms with Crippen LogP contribution < -0.4 is 0 Å². The Morgan fingerprint density at radius 1 is 1.33 bits per heavy atom. The van der Waals surface area contributed by atoms with Crippen molar-refractivity contribution in [3.8, 4) is 0 Å². The number of rotatable bonds is 5. The van der Waals surface area contributed by atoms with Gasteiger partial charge in [0, 0.05) is 0 Å². The van der Waals surface area contributed by atoms with Gasteiger partial charge in [0.2, 0.25) is 0 Å². The fraction of sp³-hybridized carbons (Fsp3) is 0.846. The van der Waals surface area contributed by atoms with Crippen LogP contribution in [0, 0.1) is 5.41 Å². The quantitative estimate of drug-likeness (QED) is 0.642. The Kier molecular flexibility index (Phi) is 4.81. The second kappa shape index (κ2) is 5.66.